The summed E-state index contributed by atoms with van der Waals surface area (Å²) in [7, 11) is 0. The molecule has 132 valence electrons. The summed E-state index contributed by atoms with van der Waals surface area (Å²) >= 11 is 0. The lowest BCUT2D eigenvalue weighted by atomic mass is 10.2. The average Bonchev–Trinajstić information content (AvgIpc) is 3.15. The quantitative estimate of drug-likeness (QED) is 0.579. The second-order valence-electron chi connectivity index (χ2n) is 5.87. The molecule has 0 spiro atoms. The van der Waals surface area contributed by atoms with Crippen LogP contribution in [0.2, 0.25) is 0 Å². The fourth-order valence-electron chi connectivity index (χ4n) is 2.87. The SMILES string of the molecule is O=C(CCCn1cccn1)N1CCN(c2ccc([N+](=O)[O-])nc2)CC1. The van der Waals surface area contributed by atoms with Gasteiger partial charge in [0.15, 0.2) is 6.20 Å². The van der Waals surface area contributed by atoms with Gasteiger partial charge in [0.25, 0.3) is 0 Å². The van der Waals surface area contributed by atoms with Crippen molar-refractivity contribution >= 4 is 17.4 Å². The molecule has 3 heterocycles. The van der Waals surface area contributed by atoms with Crippen LogP contribution in [-0.2, 0) is 11.3 Å². The van der Waals surface area contributed by atoms with Crippen LogP contribution >= 0.6 is 0 Å². The Labute approximate surface area is 145 Å². The van der Waals surface area contributed by atoms with Crippen LogP contribution in [0.4, 0.5) is 11.5 Å². The summed E-state index contributed by atoms with van der Waals surface area (Å²) in [5, 5.41) is 14.8. The van der Waals surface area contributed by atoms with E-state index in [1.165, 1.54) is 12.3 Å². The van der Waals surface area contributed by atoms with Gasteiger partial charge in [-0.3, -0.25) is 9.48 Å². The Morgan fingerprint density at radius 1 is 1.24 bits per heavy atom. The van der Waals surface area contributed by atoms with Gasteiger partial charge in [0.05, 0.1) is 5.69 Å². The Morgan fingerprint density at radius 3 is 2.64 bits per heavy atom. The molecule has 9 nitrogen and oxygen atoms in total. The summed E-state index contributed by atoms with van der Waals surface area (Å²) in [6.45, 7) is 3.44. The molecular formula is C16H20N6O3. The number of nitro groups is 1. The molecule has 0 radical (unpaired) electrons. The van der Waals surface area contributed by atoms with Gasteiger partial charge in [0.1, 0.15) is 0 Å². The third-order valence-electron chi connectivity index (χ3n) is 4.25. The summed E-state index contributed by atoms with van der Waals surface area (Å²) < 4.78 is 1.83. The van der Waals surface area contributed by atoms with Crippen molar-refractivity contribution in [3.63, 3.8) is 0 Å². The molecule has 0 aliphatic carbocycles. The van der Waals surface area contributed by atoms with Crippen molar-refractivity contribution in [3.8, 4) is 0 Å². The first-order valence-corrected chi connectivity index (χ1v) is 8.24. The van der Waals surface area contributed by atoms with E-state index in [0.717, 1.165) is 18.7 Å². The topological polar surface area (TPSA) is 97.4 Å². The van der Waals surface area contributed by atoms with E-state index in [9.17, 15) is 14.9 Å². The van der Waals surface area contributed by atoms with E-state index < -0.39 is 4.92 Å². The van der Waals surface area contributed by atoms with E-state index in [1.807, 2.05) is 21.8 Å². The summed E-state index contributed by atoms with van der Waals surface area (Å²) in [5.74, 6) is 0.00313. The molecule has 1 aliphatic heterocycles. The first kappa shape index (κ1) is 16.9. The number of piperazine rings is 1. The molecule has 2 aromatic heterocycles. The lowest BCUT2D eigenvalue weighted by molar-refractivity contribution is -0.389. The minimum absolute atomic E-state index is 0.158. The molecule has 1 fully saturated rings. The van der Waals surface area contributed by atoms with Crippen LogP contribution in [0.1, 0.15) is 12.8 Å². The Kier molecular flexibility index (Phi) is 5.22. The van der Waals surface area contributed by atoms with Crippen LogP contribution in [-0.4, -0.2) is 56.7 Å². The highest BCUT2D eigenvalue weighted by Gasteiger charge is 2.22. The minimum Gasteiger partial charge on any atom is -0.365 e. The van der Waals surface area contributed by atoms with Gasteiger partial charge in [-0.15, -0.1) is 0 Å². The van der Waals surface area contributed by atoms with Crippen LogP contribution in [0.5, 0.6) is 0 Å². The molecule has 0 atom stereocenters. The Bertz CT molecular complexity index is 708. The lowest BCUT2D eigenvalue weighted by Gasteiger charge is -2.35. The number of carbonyl (C=O) groups is 1. The van der Waals surface area contributed by atoms with E-state index in [-0.39, 0.29) is 11.7 Å². The maximum Gasteiger partial charge on any atom is 0.363 e. The Morgan fingerprint density at radius 2 is 2.04 bits per heavy atom. The number of hydrogen-bond donors (Lipinski definition) is 0. The van der Waals surface area contributed by atoms with Crippen LogP contribution in [0.15, 0.2) is 36.8 Å². The van der Waals surface area contributed by atoms with Crippen molar-refractivity contribution in [3.05, 3.63) is 46.9 Å². The summed E-state index contributed by atoms with van der Waals surface area (Å²) in [6, 6.07) is 4.98. The first-order valence-electron chi connectivity index (χ1n) is 8.24. The predicted molar refractivity (Wildman–Crippen MR) is 91.1 cm³/mol. The van der Waals surface area contributed by atoms with Crippen LogP contribution in [0, 0.1) is 10.1 Å². The lowest BCUT2D eigenvalue weighted by Crippen LogP contribution is -2.48. The molecule has 1 aliphatic rings. The standard InChI is InChI=1S/C16H20N6O3/c23-16(3-1-7-21-8-2-6-18-21)20-11-9-19(10-12-20)14-4-5-15(17-13-14)22(24)25/h2,4-6,8,13H,1,3,7,9-12H2. The summed E-state index contributed by atoms with van der Waals surface area (Å²) in [5.41, 5.74) is 0.844. The molecule has 0 aromatic carbocycles. The molecule has 0 N–H and O–H groups in total. The van der Waals surface area contributed by atoms with Gasteiger partial charge >= 0.3 is 5.82 Å². The zero-order valence-electron chi connectivity index (χ0n) is 13.8. The van der Waals surface area contributed by atoms with Crippen molar-refractivity contribution in [2.75, 3.05) is 31.1 Å². The number of anilines is 1. The number of nitrogens with zero attached hydrogens (tertiary/aromatic N) is 6. The average molecular weight is 344 g/mol. The molecule has 1 saturated heterocycles. The van der Waals surface area contributed by atoms with Gasteiger partial charge in [0, 0.05) is 57.6 Å². The zero-order chi connectivity index (χ0) is 17.6. The number of pyridine rings is 1. The fraction of sp³-hybridized carbons (Fsp3) is 0.438. The highest BCUT2D eigenvalue weighted by Crippen LogP contribution is 2.18. The zero-order valence-corrected chi connectivity index (χ0v) is 13.8. The fourth-order valence-corrected chi connectivity index (χ4v) is 2.87. The van der Waals surface area contributed by atoms with E-state index in [4.69, 9.17) is 0 Å². The van der Waals surface area contributed by atoms with Gasteiger partial charge in [0.2, 0.25) is 5.91 Å². The molecule has 25 heavy (non-hydrogen) atoms. The number of carbonyl (C=O) groups excluding carboxylic acids is 1. The van der Waals surface area contributed by atoms with E-state index in [2.05, 4.69) is 15.0 Å². The molecule has 9 heteroatoms. The minimum atomic E-state index is -0.510. The maximum atomic E-state index is 12.3. The van der Waals surface area contributed by atoms with Gasteiger partial charge in [-0.2, -0.15) is 5.10 Å². The van der Waals surface area contributed by atoms with Crippen LogP contribution in [0.3, 0.4) is 0 Å². The number of aromatic nitrogens is 3. The van der Waals surface area contributed by atoms with Crippen molar-refractivity contribution in [1.29, 1.82) is 0 Å². The second kappa shape index (κ2) is 7.73. The molecule has 2 aromatic rings. The molecule has 0 unspecified atom stereocenters. The summed E-state index contributed by atoms with van der Waals surface area (Å²) in [4.78, 5) is 30.2. The van der Waals surface area contributed by atoms with Crippen molar-refractivity contribution in [2.45, 2.75) is 19.4 Å². The van der Waals surface area contributed by atoms with E-state index in [1.54, 1.807) is 12.3 Å². The van der Waals surface area contributed by atoms with Gasteiger partial charge in [-0.1, -0.05) is 0 Å². The molecule has 0 saturated carbocycles. The highest BCUT2D eigenvalue weighted by molar-refractivity contribution is 5.76. The molecule has 1 amide bonds. The third-order valence-corrected chi connectivity index (χ3v) is 4.25. The molecule has 3 rings (SSSR count). The van der Waals surface area contributed by atoms with Crippen molar-refractivity contribution in [1.82, 2.24) is 19.7 Å². The number of amides is 1. The van der Waals surface area contributed by atoms with Gasteiger partial charge in [-0.05, 0) is 28.5 Å². The number of aryl methyl sites for hydroxylation is 1. The second-order valence-corrected chi connectivity index (χ2v) is 5.87. The predicted octanol–water partition coefficient (Wildman–Crippen LogP) is 1.32. The van der Waals surface area contributed by atoms with Crippen molar-refractivity contribution in [2.24, 2.45) is 0 Å². The maximum absolute atomic E-state index is 12.3. The van der Waals surface area contributed by atoms with Gasteiger partial charge < -0.3 is 19.9 Å². The van der Waals surface area contributed by atoms with Gasteiger partial charge in [-0.25, -0.2) is 0 Å². The number of hydrogen-bond acceptors (Lipinski definition) is 6. The van der Waals surface area contributed by atoms with E-state index in [0.29, 0.717) is 32.6 Å². The largest absolute Gasteiger partial charge is 0.365 e. The summed E-state index contributed by atoms with van der Waals surface area (Å²) in [6.07, 6.45) is 6.42. The Hall–Kier alpha value is -2.97. The van der Waals surface area contributed by atoms with Crippen LogP contribution < -0.4 is 4.90 Å². The first-order chi connectivity index (χ1) is 12.1. The highest BCUT2D eigenvalue weighted by atomic mass is 16.6. The molecular weight excluding hydrogens is 324 g/mol. The molecule has 0 bridgehead atoms. The van der Waals surface area contributed by atoms with Crippen LogP contribution in [0.25, 0.3) is 0 Å². The Balaban J connectivity index is 1.44. The van der Waals surface area contributed by atoms with E-state index >= 15 is 0 Å². The smallest absolute Gasteiger partial charge is 0.363 e. The third kappa shape index (κ3) is 4.31. The normalized spacial score (nSPS) is 14.6. The van der Waals surface area contributed by atoms with Crippen molar-refractivity contribution < 1.29 is 9.72 Å². The number of rotatable bonds is 6. The monoisotopic (exact) mass is 344 g/mol.